The lowest BCUT2D eigenvalue weighted by atomic mass is 10.2. The number of hydrogen-bond acceptors (Lipinski definition) is 3. The Morgan fingerprint density at radius 3 is 2.62 bits per heavy atom. The molecule has 1 heterocycles. The van der Waals surface area contributed by atoms with Gasteiger partial charge in [0.15, 0.2) is 0 Å². The summed E-state index contributed by atoms with van der Waals surface area (Å²) in [6, 6.07) is 0.157. The molecule has 0 amide bonds. The van der Waals surface area contributed by atoms with Crippen LogP contribution < -0.4 is 0 Å². The molecule has 0 N–H and O–H groups in total. The van der Waals surface area contributed by atoms with Gasteiger partial charge in [-0.05, 0) is 43.6 Å². The summed E-state index contributed by atoms with van der Waals surface area (Å²) in [7, 11) is 0. The Labute approximate surface area is 104 Å². The van der Waals surface area contributed by atoms with E-state index in [1.165, 1.54) is 0 Å². The number of ketones is 1. The lowest BCUT2D eigenvalue weighted by Crippen LogP contribution is -2.19. The second kappa shape index (κ2) is 5.59. The van der Waals surface area contributed by atoms with E-state index in [4.69, 9.17) is 4.74 Å². The van der Waals surface area contributed by atoms with Crippen LogP contribution in [-0.2, 0) is 4.74 Å². The normalized spacial score (nSPS) is 11.4. The third-order valence-corrected chi connectivity index (χ3v) is 2.63. The lowest BCUT2D eigenvalue weighted by Gasteiger charge is -2.11. The van der Waals surface area contributed by atoms with Crippen LogP contribution in [-0.4, -0.2) is 28.3 Å². The van der Waals surface area contributed by atoms with Gasteiger partial charge in [0, 0.05) is 6.04 Å². The summed E-state index contributed by atoms with van der Waals surface area (Å²) in [5, 5.41) is 4.16. The second-order valence-electron chi connectivity index (χ2n) is 4.16. The summed E-state index contributed by atoms with van der Waals surface area (Å²) >= 11 is 3.33. The number of nitrogens with zero attached hydrogens (tertiary/aromatic N) is 2. The number of carbonyl (C=O) groups is 1. The van der Waals surface area contributed by atoms with Crippen molar-refractivity contribution < 1.29 is 9.53 Å². The number of carbonyl (C=O) groups excluding carboxylic acids is 1. The first-order chi connectivity index (χ1) is 7.43. The Kier molecular flexibility index (Phi) is 4.68. The lowest BCUT2D eigenvalue weighted by molar-refractivity contribution is 0.0574. The maximum absolute atomic E-state index is 11.9. The van der Waals surface area contributed by atoms with Gasteiger partial charge < -0.3 is 4.74 Å². The van der Waals surface area contributed by atoms with Crippen LogP contribution in [0.25, 0.3) is 0 Å². The van der Waals surface area contributed by atoms with Crippen LogP contribution in [0.1, 0.15) is 44.2 Å². The standard InChI is InChI=1S/C11H17BrN2O2/c1-7(2)14-11(9(12)5-13-14)10(15)6-16-8(3)4/h5,7-8H,6H2,1-4H3. The summed E-state index contributed by atoms with van der Waals surface area (Å²) in [5.41, 5.74) is 0.579. The summed E-state index contributed by atoms with van der Waals surface area (Å²) in [5.74, 6) is -0.0493. The van der Waals surface area contributed by atoms with Crippen LogP contribution in [0, 0.1) is 0 Å². The van der Waals surface area contributed by atoms with Crippen LogP contribution in [0.3, 0.4) is 0 Å². The van der Waals surface area contributed by atoms with E-state index in [-0.39, 0.29) is 24.5 Å². The monoisotopic (exact) mass is 288 g/mol. The minimum absolute atomic E-state index is 0.0493. The fourth-order valence-electron chi connectivity index (χ4n) is 1.30. The van der Waals surface area contributed by atoms with Gasteiger partial charge in [-0.2, -0.15) is 5.10 Å². The van der Waals surface area contributed by atoms with Crippen LogP contribution in [0.2, 0.25) is 0 Å². The van der Waals surface area contributed by atoms with Gasteiger partial charge >= 0.3 is 0 Å². The smallest absolute Gasteiger partial charge is 0.207 e. The summed E-state index contributed by atoms with van der Waals surface area (Å²) in [6.45, 7) is 7.87. The molecular weight excluding hydrogens is 272 g/mol. The van der Waals surface area contributed by atoms with Crippen molar-refractivity contribution in [3.05, 3.63) is 16.4 Å². The summed E-state index contributed by atoms with van der Waals surface area (Å²) < 4.78 is 7.73. The van der Waals surface area contributed by atoms with E-state index in [1.807, 2.05) is 27.7 Å². The van der Waals surface area contributed by atoms with Gasteiger partial charge in [0.1, 0.15) is 12.3 Å². The number of Topliss-reactive ketones (excluding diaryl/α,β-unsaturated/α-hetero) is 1. The fraction of sp³-hybridized carbons (Fsp3) is 0.636. The molecule has 16 heavy (non-hydrogen) atoms. The minimum atomic E-state index is -0.0493. The molecule has 0 aliphatic carbocycles. The average molecular weight is 289 g/mol. The fourth-order valence-corrected chi connectivity index (χ4v) is 1.80. The summed E-state index contributed by atoms with van der Waals surface area (Å²) in [6.07, 6.45) is 1.70. The van der Waals surface area contributed by atoms with Crippen LogP contribution >= 0.6 is 15.9 Å². The molecule has 0 radical (unpaired) electrons. The van der Waals surface area contributed by atoms with Gasteiger partial charge in [-0.15, -0.1) is 0 Å². The van der Waals surface area contributed by atoms with E-state index in [0.29, 0.717) is 5.69 Å². The maximum atomic E-state index is 11.9. The van der Waals surface area contributed by atoms with Crippen LogP contribution in [0.5, 0.6) is 0 Å². The highest BCUT2D eigenvalue weighted by Gasteiger charge is 2.19. The van der Waals surface area contributed by atoms with E-state index in [2.05, 4.69) is 21.0 Å². The zero-order valence-corrected chi connectivity index (χ0v) is 11.6. The molecular formula is C11H17BrN2O2. The Balaban J connectivity index is 2.85. The number of aromatic nitrogens is 2. The van der Waals surface area contributed by atoms with Crippen molar-refractivity contribution in [3.63, 3.8) is 0 Å². The van der Waals surface area contributed by atoms with E-state index in [9.17, 15) is 4.79 Å². The molecule has 0 fully saturated rings. The molecule has 0 aromatic carbocycles. The highest BCUT2D eigenvalue weighted by atomic mass is 79.9. The molecule has 0 spiro atoms. The second-order valence-corrected chi connectivity index (χ2v) is 5.02. The Bertz CT molecular complexity index is 372. The largest absolute Gasteiger partial charge is 0.371 e. The van der Waals surface area contributed by atoms with Gasteiger partial charge in [0.05, 0.1) is 16.8 Å². The minimum Gasteiger partial charge on any atom is -0.371 e. The highest BCUT2D eigenvalue weighted by molar-refractivity contribution is 9.10. The number of halogens is 1. The molecule has 0 bridgehead atoms. The van der Waals surface area contributed by atoms with E-state index >= 15 is 0 Å². The van der Waals surface area contributed by atoms with Crippen molar-refractivity contribution in [1.29, 1.82) is 0 Å². The Morgan fingerprint density at radius 2 is 2.12 bits per heavy atom. The van der Waals surface area contributed by atoms with Crippen molar-refractivity contribution in [2.75, 3.05) is 6.61 Å². The number of hydrogen-bond donors (Lipinski definition) is 0. The Hall–Kier alpha value is -0.680. The zero-order chi connectivity index (χ0) is 12.3. The van der Waals surface area contributed by atoms with E-state index < -0.39 is 0 Å². The van der Waals surface area contributed by atoms with Crippen molar-refractivity contribution in [1.82, 2.24) is 9.78 Å². The van der Waals surface area contributed by atoms with Gasteiger partial charge in [-0.1, -0.05) is 0 Å². The van der Waals surface area contributed by atoms with Gasteiger partial charge in [-0.3, -0.25) is 9.48 Å². The molecule has 90 valence electrons. The van der Waals surface area contributed by atoms with Crippen molar-refractivity contribution in [2.24, 2.45) is 0 Å². The molecule has 0 saturated carbocycles. The van der Waals surface area contributed by atoms with E-state index in [1.54, 1.807) is 10.9 Å². The first kappa shape index (κ1) is 13.4. The van der Waals surface area contributed by atoms with Crippen LogP contribution in [0.4, 0.5) is 0 Å². The van der Waals surface area contributed by atoms with Crippen molar-refractivity contribution in [2.45, 2.75) is 39.8 Å². The first-order valence-electron chi connectivity index (χ1n) is 5.31. The third-order valence-electron chi connectivity index (χ3n) is 2.05. The first-order valence-corrected chi connectivity index (χ1v) is 6.10. The molecule has 4 nitrogen and oxygen atoms in total. The quantitative estimate of drug-likeness (QED) is 0.783. The maximum Gasteiger partial charge on any atom is 0.207 e. The Morgan fingerprint density at radius 1 is 1.50 bits per heavy atom. The molecule has 0 saturated heterocycles. The molecule has 0 atom stereocenters. The number of rotatable bonds is 5. The van der Waals surface area contributed by atoms with Crippen molar-refractivity contribution in [3.8, 4) is 0 Å². The highest BCUT2D eigenvalue weighted by Crippen LogP contribution is 2.20. The molecule has 5 heteroatoms. The summed E-state index contributed by atoms with van der Waals surface area (Å²) in [4.78, 5) is 11.9. The zero-order valence-electron chi connectivity index (χ0n) is 10.0. The van der Waals surface area contributed by atoms with Gasteiger partial charge in [-0.25, -0.2) is 0 Å². The van der Waals surface area contributed by atoms with E-state index in [0.717, 1.165) is 4.47 Å². The molecule has 0 unspecified atom stereocenters. The van der Waals surface area contributed by atoms with Gasteiger partial charge in [0.25, 0.3) is 0 Å². The predicted octanol–water partition coefficient (Wildman–Crippen LogP) is 2.83. The average Bonchev–Trinajstić information content (AvgIpc) is 2.56. The van der Waals surface area contributed by atoms with Gasteiger partial charge in [0.2, 0.25) is 5.78 Å². The molecule has 1 rings (SSSR count). The SMILES string of the molecule is CC(C)OCC(=O)c1c(Br)cnn1C(C)C. The molecule has 0 aliphatic heterocycles. The van der Waals surface area contributed by atoms with Crippen LogP contribution in [0.15, 0.2) is 10.7 Å². The molecule has 1 aromatic heterocycles. The predicted molar refractivity (Wildman–Crippen MR) is 65.7 cm³/mol. The topological polar surface area (TPSA) is 44.1 Å². The third kappa shape index (κ3) is 3.15. The molecule has 0 aliphatic rings. The molecule has 1 aromatic rings. The number of ether oxygens (including phenoxy) is 1. The van der Waals surface area contributed by atoms with Crippen molar-refractivity contribution >= 4 is 21.7 Å².